The summed E-state index contributed by atoms with van der Waals surface area (Å²) in [5.74, 6) is -0.00705. The number of methoxy groups -OCH3 is 1. The van der Waals surface area contributed by atoms with Crippen molar-refractivity contribution >= 4 is 5.82 Å². The van der Waals surface area contributed by atoms with E-state index < -0.39 is 5.82 Å². The molecule has 4 nitrogen and oxygen atoms in total. The van der Waals surface area contributed by atoms with E-state index in [9.17, 15) is 4.39 Å². The highest BCUT2D eigenvalue weighted by Gasteiger charge is 2.11. The summed E-state index contributed by atoms with van der Waals surface area (Å²) in [5, 5.41) is 0. The molecule has 1 heterocycles. The molecule has 0 atom stereocenters. The number of hydrogen-bond acceptors (Lipinski definition) is 4. The zero-order chi connectivity index (χ0) is 12.3. The number of rotatable bonds is 3. The van der Waals surface area contributed by atoms with Gasteiger partial charge in [-0.15, -0.1) is 0 Å². The maximum atomic E-state index is 13.6. The fourth-order valence-electron chi connectivity index (χ4n) is 1.57. The predicted octanol–water partition coefficient (Wildman–Crippen LogP) is 1.80. The van der Waals surface area contributed by atoms with E-state index in [1.54, 1.807) is 7.11 Å². The molecule has 0 bridgehead atoms. The first-order valence-corrected chi connectivity index (χ1v) is 5.09. The molecule has 2 aromatic rings. The van der Waals surface area contributed by atoms with Crippen molar-refractivity contribution in [3.8, 4) is 5.75 Å². The van der Waals surface area contributed by atoms with Crippen LogP contribution in [0.5, 0.6) is 5.75 Å². The van der Waals surface area contributed by atoms with Crippen molar-refractivity contribution < 1.29 is 9.13 Å². The Morgan fingerprint density at radius 2 is 2.06 bits per heavy atom. The zero-order valence-electron chi connectivity index (χ0n) is 9.35. The number of ether oxygens (including phenoxy) is 1. The molecular weight excluding hydrogens is 221 g/mol. The fourth-order valence-corrected chi connectivity index (χ4v) is 1.57. The van der Waals surface area contributed by atoms with Gasteiger partial charge in [-0.25, -0.2) is 14.4 Å². The van der Waals surface area contributed by atoms with Gasteiger partial charge in [0.1, 0.15) is 12.1 Å². The normalized spacial score (nSPS) is 10.2. The molecule has 0 unspecified atom stereocenters. The lowest BCUT2D eigenvalue weighted by molar-refractivity contribution is 0.410. The van der Waals surface area contributed by atoms with Gasteiger partial charge in [-0.3, -0.25) is 0 Å². The first-order chi connectivity index (χ1) is 8.22. The molecule has 0 radical (unpaired) electrons. The minimum atomic E-state index is -0.571. The number of nitrogens with two attached hydrogens (primary N) is 1. The lowest BCUT2D eigenvalue weighted by Gasteiger charge is -2.08. The highest BCUT2D eigenvalue weighted by molar-refractivity contribution is 5.39. The number of aromatic nitrogens is 2. The van der Waals surface area contributed by atoms with Crippen LogP contribution in [-0.4, -0.2) is 17.1 Å². The van der Waals surface area contributed by atoms with Crippen LogP contribution in [0.2, 0.25) is 0 Å². The third kappa shape index (κ3) is 2.33. The van der Waals surface area contributed by atoms with Crippen molar-refractivity contribution in [3.63, 3.8) is 0 Å². The molecule has 0 amide bonds. The second-order valence-electron chi connectivity index (χ2n) is 3.51. The summed E-state index contributed by atoms with van der Waals surface area (Å²) < 4.78 is 18.8. The van der Waals surface area contributed by atoms with Crippen molar-refractivity contribution in [3.05, 3.63) is 47.7 Å². The summed E-state index contributed by atoms with van der Waals surface area (Å²) in [4.78, 5) is 7.47. The van der Waals surface area contributed by atoms with E-state index in [0.717, 1.165) is 5.56 Å². The molecule has 1 aromatic heterocycles. The van der Waals surface area contributed by atoms with Gasteiger partial charge in [-0.2, -0.15) is 0 Å². The summed E-state index contributed by atoms with van der Waals surface area (Å²) in [5.41, 5.74) is 6.51. The number of benzene rings is 1. The maximum absolute atomic E-state index is 13.6. The number of nitrogen functional groups attached to an aromatic ring is 1. The van der Waals surface area contributed by atoms with Gasteiger partial charge < -0.3 is 10.5 Å². The minimum Gasteiger partial charge on any atom is -0.496 e. The van der Waals surface area contributed by atoms with Gasteiger partial charge in [0.2, 0.25) is 0 Å². The number of hydrogen-bond donors (Lipinski definition) is 1. The van der Waals surface area contributed by atoms with E-state index in [1.165, 1.54) is 6.33 Å². The van der Waals surface area contributed by atoms with Crippen LogP contribution in [0.4, 0.5) is 10.2 Å². The Kier molecular flexibility index (Phi) is 3.18. The molecule has 88 valence electrons. The molecule has 5 heteroatoms. The summed E-state index contributed by atoms with van der Waals surface area (Å²) in [6.45, 7) is 0. The Hall–Kier alpha value is -2.17. The van der Waals surface area contributed by atoms with E-state index in [2.05, 4.69) is 9.97 Å². The molecule has 17 heavy (non-hydrogen) atoms. The monoisotopic (exact) mass is 233 g/mol. The van der Waals surface area contributed by atoms with Gasteiger partial charge in [0.05, 0.1) is 12.8 Å². The Labute approximate surface area is 98.3 Å². The van der Waals surface area contributed by atoms with Crippen LogP contribution in [0.1, 0.15) is 11.3 Å². The average molecular weight is 233 g/mol. The van der Waals surface area contributed by atoms with Gasteiger partial charge in [-0.1, -0.05) is 18.2 Å². The Bertz CT molecular complexity index is 531. The standard InChI is InChI=1S/C12H12FN3O/c1-17-10-5-3-2-4-8(10)6-9-11(13)12(14)16-7-15-9/h2-5,7H,6H2,1H3,(H2,14,15,16). The first-order valence-electron chi connectivity index (χ1n) is 5.09. The van der Waals surface area contributed by atoms with Crippen LogP contribution in [0.15, 0.2) is 30.6 Å². The average Bonchev–Trinajstić information content (AvgIpc) is 2.35. The van der Waals surface area contributed by atoms with E-state index in [0.29, 0.717) is 12.2 Å². The van der Waals surface area contributed by atoms with Crippen LogP contribution in [0, 0.1) is 5.82 Å². The van der Waals surface area contributed by atoms with Gasteiger partial charge >= 0.3 is 0 Å². The van der Waals surface area contributed by atoms with Crippen LogP contribution < -0.4 is 10.5 Å². The SMILES string of the molecule is COc1ccccc1Cc1ncnc(N)c1F. The van der Waals surface area contributed by atoms with Crippen LogP contribution in [0.25, 0.3) is 0 Å². The minimum absolute atomic E-state index is 0.134. The largest absolute Gasteiger partial charge is 0.496 e. The zero-order valence-corrected chi connectivity index (χ0v) is 9.35. The number of nitrogens with zero attached hydrogens (tertiary/aromatic N) is 2. The van der Waals surface area contributed by atoms with Crippen molar-refractivity contribution in [2.24, 2.45) is 0 Å². The van der Waals surface area contributed by atoms with Crippen molar-refractivity contribution in [1.29, 1.82) is 0 Å². The van der Waals surface area contributed by atoms with Crippen molar-refractivity contribution in [2.75, 3.05) is 12.8 Å². The van der Waals surface area contributed by atoms with Crippen LogP contribution in [0.3, 0.4) is 0 Å². The summed E-state index contributed by atoms with van der Waals surface area (Å²) in [6, 6.07) is 7.39. The van der Waals surface area contributed by atoms with Crippen molar-refractivity contribution in [2.45, 2.75) is 6.42 Å². The van der Waals surface area contributed by atoms with E-state index in [-0.39, 0.29) is 11.5 Å². The number of halogens is 1. The van der Waals surface area contributed by atoms with Gasteiger partial charge in [-0.05, 0) is 6.07 Å². The number of anilines is 1. The molecule has 0 saturated carbocycles. The molecule has 0 spiro atoms. The maximum Gasteiger partial charge on any atom is 0.187 e. The molecular formula is C12H12FN3O. The molecule has 0 aliphatic rings. The third-order valence-electron chi connectivity index (χ3n) is 2.44. The third-order valence-corrected chi connectivity index (χ3v) is 2.44. The molecule has 2 N–H and O–H groups in total. The second kappa shape index (κ2) is 4.78. The fraction of sp³-hybridized carbons (Fsp3) is 0.167. The van der Waals surface area contributed by atoms with Crippen LogP contribution in [-0.2, 0) is 6.42 Å². The molecule has 0 aliphatic heterocycles. The van der Waals surface area contributed by atoms with Crippen molar-refractivity contribution in [1.82, 2.24) is 9.97 Å². The molecule has 0 saturated heterocycles. The lowest BCUT2D eigenvalue weighted by atomic mass is 10.1. The molecule has 2 rings (SSSR count). The smallest absolute Gasteiger partial charge is 0.187 e. The van der Waals surface area contributed by atoms with Gasteiger partial charge in [0.25, 0.3) is 0 Å². The second-order valence-corrected chi connectivity index (χ2v) is 3.51. The summed E-state index contributed by atoms with van der Waals surface area (Å²) >= 11 is 0. The predicted molar refractivity (Wildman–Crippen MR) is 62.2 cm³/mol. The Balaban J connectivity index is 2.35. The first kappa shape index (κ1) is 11.3. The summed E-state index contributed by atoms with van der Waals surface area (Å²) in [6.07, 6.45) is 1.58. The van der Waals surface area contributed by atoms with Gasteiger partial charge in [0.15, 0.2) is 11.6 Å². The quantitative estimate of drug-likeness (QED) is 0.878. The summed E-state index contributed by atoms with van der Waals surface area (Å²) in [7, 11) is 1.57. The Morgan fingerprint density at radius 3 is 2.82 bits per heavy atom. The van der Waals surface area contributed by atoms with Gasteiger partial charge in [0, 0.05) is 12.0 Å². The highest BCUT2D eigenvalue weighted by Crippen LogP contribution is 2.21. The van der Waals surface area contributed by atoms with Crippen LogP contribution >= 0.6 is 0 Å². The molecule has 0 fully saturated rings. The number of para-hydroxylation sites is 1. The molecule has 1 aromatic carbocycles. The molecule has 0 aliphatic carbocycles. The highest BCUT2D eigenvalue weighted by atomic mass is 19.1. The topological polar surface area (TPSA) is 61.0 Å². The van der Waals surface area contributed by atoms with E-state index in [1.807, 2.05) is 24.3 Å². The van der Waals surface area contributed by atoms with E-state index >= 15 is 0 Å². The lowest BCUT2D eigenvalue weighted by Crippen LogP contribution is -2.04. The van der Waals surface area contributed by atoms with E-state index in [4.69, 9.17) is 10.5 Å². The Morgan fingerprint density at radius 1 is 1.29 bits per heavy atom.